The Labute approximate surface area is 133 Å². The molecule has 2 aromatic rings. The van der Waals surface area contributed by atoms with Gasteiger partial charge < -0.3 is 16.3 Å². The normalized spacial score (nSPS) is 21.5. The second-order valence-electron chi connectivity index (χ2n) is 5.09. The minimum Gasteiger partial charge on any atom is -0.409 e. The first-order valence-corrected chi connectivity index (χ1v) is 8.29. The Hall–Kier alpha value is -2.49. The Morgan fingerprint density at radius 3 is 2.70 bits per heavy atom. The van der Waals surface area contributed by atoms with Gasteiger partial charge in [0.15, 0.2) is 11.5 Å². The van der Waals surface area contributed by atoms with Crippen molar-refractivity contribution in [2.75, 3.05) is 11.1 Å². The summed E-state index contributed by atoms with van der Waals surface area (Å²) in [5.41, 5.74) is 7.99. The van der Waals surface area contributed by atoms with Crippen molar-refractivity contribution in [3.05, 3.63) is 40.8 Å². The molecule has 23 heavy (non-hydrogen) atoms. The smallest absolute Gasteiger partial charge is 0.203 e. The van der Waals surface area contributed by atoms with Crippen molar-refractivity contribution < 1.29 is 14.2 Å². The molecule has 1 saturated heterocycles. The second-order valence-corrected chi connectivity index (χ2v) is 6.85. The molecule has 0 bridgehead atoms. The Morgan fingerprint density at radius 1 is 1.43 bits per heavy atom. The number of oxime groups is 1. The largest absolute Gasteiger partial charge is 0.409 e. The van der Waals surface area contributed by atoms with Crippen LogP contribution in [0.1, 0.15) is 16.8 Å². The van der Waals surface area contributed by atoms with Crippen LogP contribution in [0.4, 0.5) is 10.2 Å². The number of fused-ring (bicyclic) bond motifs is 1. The van der Waals surface area contributed by atoms with Crippen molar-refractivity contribution >= 4 is 22.3 Å². The number of aromatic nitrogens is 2. The fraction of sp³-hybridized carbons (Fsp3) is 0.308. The first kappa shape index (κ1) is 15.4. The first-order chi connectivity index (χ1) is 11.1. The molecule has 122 valence electrons. The van der Waals surface area contributed by atoms with Crippen molar-refractivity contribution in [1.82, 2.24) is 10.3 Å². The topological polar surface area (TPSA) is 133 Å². The van der Waals surface area contributed by atoms with Crippen molar-refractivity contribution in [1.29, 1.82) is 4.78 Å². The van der Waals surface area contributed by atoms with Crippen LogP contribution in [0.5, 0.6) is 0 Å². The van der Waals surface area contributed by atoms with Gasteiger partial charge in [0.2, 0.25) is 5.82 Å². The monoisotopic (exact) mass is 338 g/mol. The Morgan fingerprint density at radius 2 is 2.17 bits per heavy atom. The predicted octanol–water partition coefficient (Wildman–Crippen LogP) is 1.22. The zero-order valence-electron chi connectivity index (χ0n) is 12.0. The molecule has 1 aromatic carbocycles. The average Bonchev–Trinajstić information content (AvgIpc) is 3.00. The van der Waals surface area contributed by atoms with Gasteiger partial charge in [-0.15, -0.1) is 0 Å². The van der Waals surface area contributed by atoms with Crippen LogP contribution in [0.15, 0.2) is 28.0 Å². The van der Waals surface area contributed by atoms with E-state index in [1.807, 2.05) is 6.07 Å². The zero-order valence-corrected chi connectivity index (χ0v) is 12.8. The fourth-order valence-electron chi connectivity index (χ4n) is 2.05. The molecule has 2 unspecified atom stereocenters. The summed E-state index contributed by atoms with van der Waals surface area (Å²) in [5, 5.41) is 21.2. The molecule has 2 atom stereocenters. The number of hydrogen-bond donors (Lipinski definition) is 4. The highest BCUT2D eigenvalue weighted by Gasteiger charge is 2.31. The number of rotatable bonds is 3. The van der Waals surface area contributed by atoms with E-state index in [1.165, 1.54) is 17.2 Å². The number of aryl methyl sites for hydroxylation is 2. The summed E-state index contributed by atoms with van der Waals surface area (Å²) in [6.07, 6.45) is 2.20. The lowest BCUT2D eigenvalue weighted by atomic mass is 9.89. The number of hydrogen-bond acceptors (Lipinski definition) is 7. The van der Waals surface area contributed by atoms with Crippen LogP contribution in [0.25, 0.3) is 0 Å². The maximum Gasteiger partial charge on any atom is 0.203 e. The summed E-state index contributed by atoms with van der Waals surface area (Å²) in [5.74, 6) is 0.822. The highest BCUT2D eigenvalue weighted by Crippen LogP contribution is 2.22. The molecular formula is C13H15FN6O2S. The molecule has 1 aromatic heterocycles. The number of anilines is 1. The van der Waals surface area contributed by atoms with E-state index in [1.54, 1.807) is 6.07 Å². The third-order valence-corrected chi connectivity index (χ3v) is 4.76. The number of nitrogens with one attached hydrogen (secondary N) is 2. The van der Waals surface area contributed by atoms with Gasteiger partial charge in [-0.3, -0.25) is 4.78 Å². The van der Waals surface area contributed by atoms with Crippen LogP contribution in [-0.2, 0) is 23.5 Å². The molecule has 0 radical (unpaired) electrons. The lowest BCUT2D eigenvalue weighted by Crippen LogP contribution is -2.17. The van der Waals surface area contributed by atoms with E-state index >= 15 is 0 Å². The van der Waals surface area contributed by atoms with Crippen molar-refractivity contribution in [3.8, 4) is 0 Å². The van der Waals surface area contributed by atoms with Gasteiger partial charge in [0.05, 0.1) is 5.37 Å². The molecule has 1 aliphatic heterocycles. The molecule has 4 rings (SSSR count). The van der Waals surface area contributed by atoms with Gasteiger partial charge in [0, 0.05) is 5.75 Å². The molecule has 0 spiro atoms. The fourth-order valence-corrected chi connectivity index (χ4v) is 2.84. The van der Waals surface area contributed by atoms with Gasteiger partial charge in [-0.05, 0) is 46.4 Å². The number of benzene rings is 1. The Balaban J connectivity index is 0.000000149. The minimum atomic E-state index is -0.371. The minimum absolute atomic E-state index is 0.0761. The van der Waals surface area contributed by atoms with Gasteiger partial charge in [-0.2, -0.15) is 0 Å². The van der Waals surface area contributed by atoms with E-state index in [0.717, 1.165) is 18.6 Å². The maximum atomic E-state index is 12.4. The standard InChI is InChI=1S/C8H7F.C5H8N6O2S/c9-8-4-3-6-1-2-7(6)5-8;6-4(9-12)3-5(11-13-10-3)8-2-1-14(2)7/h3-5H,1-2H2;2,7,12H,1H2,(H2,6,9)(H,8,11). The Kier molecular flexibility index (Phi) is 4.24. The van der Waals surface area contributed by atoms with E-state index < -0.39 is 0 Å². The number of halogens is 1. The van der Waals surface area contributed by atoms with Gasteiger partial charge in [0.25, 0.3) is 0 Å². The van der Waals surface area contributed by atoms with Gasteiger partial charge in [-0.25, -0.2) is 9.02 Å². The lowest BCUT2D eigenvalue weighted by molar-refractivity contribution is 0.304. The van der Waals surface area contributed by atoms with Crippen molar-refractivity contribution in [2.24, 2.45) is 10.9 Å². The van der Waals surface area contributed by atoms with E-state index in [-0.39, 0.29) is 33.4 Å². The molecule has 2 aliphatic rings. The lowest BCUT2D eigenvalue weighted by Gasteiger charge is -2.17. The Bertz CT molecular complexity index is 778. The van der Waals surface area contributed by atoms with E-state index in [0.29, 0.717) is 5.82 Å². The molecule has 1 fully saturated rings. The van der Waals surface area contributed by atoms with Gasteiger partial charge in [-0.1, -0.05) is 21.9 Å². The molecule has 1 aliphatic carbocycles. The average molecular weight is 338 g/mol. The third-order valence-electron chi connectivity index (χ3n) is 3.53. The summed E-state index contributed by atoms with van der Waals surface area (Å²) in [4.78, 5) is 0. The SMILES string of the molecule is Fc1ccc2c(c1)CC2.N=S1CC1Nc1nonc1/C(N)=N/O. The molecule has 0 saturated carbocycles. The van der Waals surface area contributed by atoms with Crippen LogP contribution >= 0.6 is 0 Å². The molecule has 10 heteroatoms. The van der Waals surface area contributed by atoms with Crippen LogP contribution in [0.3, 0.4) is 0 Å². The summed E-state index contributed by atoms with van der Waals surface area (Å²) in [6, 6.07) is 5.02. The molecule has 5 N–H and O–H groups in total. The second kappa shape index (κ2) is 6.32. The number of nitrogens with zero attached hydrogens (tertiary/aromatic N) is 3. The summed E-state index contributed by atoms with van der Waals surface area (Å²) >= 11 is 0. The molecule has 8 nitrogen and oxygen atoms in total. The van der Waals surface area contributed by atoms with Crippen LogP contribution in [0, 0.1) is 10.6 Å². The highest BCUT2D eigenvalue weighted by atomic mass is 32.2. The molecular weight excluding hydrogens is 323 g/mol. The molecule has 2 heterocycles. The van der Waals surface area contributed by atoms with Gasteiger partial charge in [0.1, 0.15) is 5.82 Å². The van der Waals surface area contributed by atoms with Gasteiger partial charge >= 0.3 is 0 Å². The summed E-state index contributed by atoms with van der Waals surface area (Å²) in [7, 11) is -0.371. The highest BCUT2D eigenvalue weighted by molar-refractivity contribution is 7.94. The number of amidine groups is 1. The van der Waals surface area contributed by atoms with E-state index in [2.05, 4.69) is 25.4 Å². The van der Waals surface area contributed by atoms with E-state index in [9.17, 15) is 4.39 Å². The first-order valence-electron chi connectivity index (χ1n) is 6.83. The summed E-state index contributed by atoms with van der Waals surface area (Å²) in [6.45, 7) is 0. The number of nitrogens with two attached hydrogens (primary N) is 1. The van der Waals surface area contributed by atoms with Crippen LogP contribution in [0.2, 0.25) is 0 Å². The van der Waals surface area contributed by atoms with Crippen molar-refractivity contribution in [2.45, 2.75) is 18.2 Å². The summed E-state index contributed by atoms with van der Waals surface area (Å²) < 4.78 is 24.2. The van der Waals surface area contributed by atoms with Crippen molar-refractivity contribution in [3.63, 3.8) is 0 Å². The zero-order chi connectivity index (χ0) is 16.4. The maximum absolute atomic E-state index is 12.4. The van der Waals surface area contributed by atoms with Crippen LogP contribution < -0.4 is 11.1 Å². The van der Waals surface area contributed by atoms with E-state index in [4.69, 9.17) is 15.7 Å². The quantitative estimate of drug-likeness (QED) is 0.219. The van der Waals surface area contributed by atoms with Crippen LogP contribution in [-0.4, -0.2) is 32.5 Å². The third kappa shape index (κ3) is 3.47. The predicted molar refractivity (Wildman–Crippen MR) is 83.0 cm³/mol. The molecule has 0 amide bonds.